The van der Waals surface area contributed by atoms with Crippen molar-refractivity contribution >= 4 is 0 Å². The van der Waals surface area contributed by atoms with Gasteiger partial charge in [0.2, 0.25) is 5.88 Å². The number of ether oxygens (including phenoxy) is 1. The quantitative estimate of drug-likeness (QED) is 0.713. The van der Waals surface area contributed by atoms with Gasteiger partial charge < -0.3 is 4.74 Å². The minimum atomic E-state index is 0.597. The first kappa shape index (κ1) is 9.96. The van der Waals surface area contributed by atoms with Crippen LogP contribution < -0.4 is 4.74 Å². The maximum Gasteiger partial charge on any atom is 0.232 e. The van der Waals surface area contributed by atoms with Crippen molar-refractivity contribution in [3.8, 4) is 5.88 Å². The van der Waals surface area contributed by atoms with Gasteiger partial charge in [0.05, 0.1) is 24.7 Å². The highest BCUT2D eigenvalue weighted by Crippen LogP contribution is 2.12. The number of methoxy groups -OCH3 is 1. The molecule has 0 atom stereocenters. The summed E-state index contributed by atoms with van der Waals surface area (Å²) in [5.41, 5.74) is 2.03. The summed E-state index contributed by atoms with van der Waals surface area (Å²) >= 11 is 0. The highest BCUT2D eigenvalue weighted by molar-refractivity contribution is 5.16. The smallest absolute Gasteiger partial charge is 0.232 e. The summed E-state index contributed by atoms with van der Waals surface area (Å²) in [5, 5.41) is 0. The topological polar surface area (TPSA) is 35.0 Å². The second-order valence-corrected chi connectivity index (χ2v) is 3.54. The zero-order valence-electron chi connectivity index (χ0n) is 8.66. The first-order chi connectivity index (χ1) is 6.13. The summed E-state index contributed by atoms with van der Waals surface area (Å²) in [6.07, 6.45) is 2.61. The molecule has 0 aliphatic carbocycles. The molecule has 0 spiro atoms. The van der Waals surface area contributed by atoms with Crippen molar-refractivity contribution in [1.82, 2.24) is 9.97 Å². The third-order valence-corrected chi connectivity index (χ3v) is 1.84. The van der Waals surface area contributed by atoms with Crippen molar-refractivity contribution in [3.63, 3.8) is 0 Å². The van der Waals surface area contributed by atoms with Gasteiger partial charge in [-0.05, 0) is 19.3 Å². The van der Waals surface area contributed by atoms with Crippen LogP contribution in [0, 0.1) is 12.8 Å². The number of hydrogen-bond donors (Lipinski definition) is 0. The average molecular weight is 180 g/mol. The number of aryl methyl sites for hydroxylation is 1. The Morgan fingerprint density at radius 2 is 2.15 bits per heavy atom. The fourth-order valence-electron chi connectivity index (χ4n) is 1.15. The number of rotatable bonds is 3. The molecule has 0 N–H and O–H groups in total. The van der Waals surface area contributed by atoms with Gasteiger partial charge in [-0.3, -0.25) is 4.98 Å². The SMILES string of the molecule is COc1cnc(C)c(CC(C)C)n1. The Morgan fingerprint density at radius 1 is 1.46 bits per heavy atom. The predicted molar refractivity (Wildman–Crippen MR) is 51.9 cm³/mol. The van der Waals surface area contributed by atoms with E-state index in [4.69, 9.17) is 4.74 Å². The Hall–Kier alpha value is -1.12. The molecule has 1 aromatic heterocycles. The van der Waals surface area contributed by atoms with Gasteiger partial charge in [0.25, 0.3) is 0 Å². The maximum atomic E-state index is 5.02. The molecule has 0 unspecified atom stereocenters. The van der Waals surface area contributed by atoms with Crippen LogP contribution in [0.2, 0.25) is 0 Å². The minimum absolute atomic E-state index is 0.597. The molecule has 72 valence electrons. The van der Waals surface area contributed by atoms with Gasteiger partial charge in [0.15, 0.2) is 0 Å². The molecule has 1 aromatic rings. The van der Waals surface area contributed by atoms with Gasteiger partial charge in [-0.25, -0.2) is 4.98 Å². The monoisotopic (exact) mass is 180 g/mol. The largest absolute Gasteiger partial charge is 0.480 e. The Morgan fingerprint density at radius 3 is 2.69 bits per heavy atom. The lowest BCUT2D eigenvalue weighted by Crippen LogP contribution is -2.03. The summed E-state index contributed by atoms with van der Waals surface area (Å²) in [4.78, 5) is 8.56. The second-order valence-electron chi connectivity index (χ2n) is 3.54. The number of nitrogens with zero attached hydrogens (tertiary/aromatic N) is 2. The summed E-state index contributed by atoms with van der Waals surface area (Å²) in [7, 11) is 1.61. The standard InChI is InChI=1S/C10H16N2O/c1-7(2)5-9-8(3)11-6-10(12-9)13-4/h6-7H,5H2,1-4H3. The number of hydrogen-bond acceptors (Lipinski definition) is 3. The molecule has 0 aliphatic rings. The summed E-state index contributed by atoms with van der Waals surface area (Å²) in [6.45, 7) is 6.31. The molecular formula is C10H16N2O. The second kappa shape index (κ2) is 4.21. The Kier molecular flexibility index (Phi) is 3.23. The van der Waals surface area contributed by atoms with Gasteiger partial charge in [-0.15, -0.1) is 0 Å². The Bertz CT molecular complexity index is 284. The van der Waals surface area contributed by atoms with Gasteiger partial charge in [0, 0.05) is 0 Å². The molecule has 0 amide bonds. The lowest BCUT2D eigenvalue weighted by atomic mass is 10.1. The zero-order valence-corrected chi connectivity index (χ0v) is 8.66. The third-order valence-electron chi connectivity index (χ3n) is 1.84. The van der Waals surface area contributed by atoms with E-state index in [2.05, 4.69) is 23.8 Å². The van der Waals surface area contributed by atoms with Crippen molar-refractivity contribution in [2.24, 2.45) is 5.92 Å². The fourth-order valence-corrected chi connectivity index (χ4v) is 1.15. The van der Waals surface area contributed by atoms with Gasteiger partial charge in [-0.1, -0.05) is 13.8 Å². The molecule has 0 saturated carbocycles. The van der Waals surface area contributed by atoms with Crippen molar-refractivity contribution in [1.29, 1.82) is 0 Å². The van der Waals surface area contributed by atoms with Crippen LogP contribution in [0.3, 0.4) is 0 Å². The maximum absolute atomic E-state index is 5.02. The fraction of sp³-hybridized carbons (Fsp3) is 0.600. The van der Waals surface area contributed by atoms with E-state index >= 15 is 0 Å². The molecule has 0 saturated heterocycles. The van der Waals surface area contributed by atoms with E-state index in [-0.39, 0.29) is 0 Å². The van der Waals surface area contributed by atoms with Crippen molar-refractivity contribution in [2.75, 3.05) is 7.11 Å². The van der Waals surface area contributed by atoms with E-state index < -0.39 is 0 Å². The van der Waals surface area contributed by atoms with Gasteiger partial charge >= 0.3 is 0 Å². The van der Waals surface area contributed by atoms with Crippen LogP contribution in [0.5, 0.6) is 5.88 Å². The molecule has 13 heavy (non-hydrogen) atoms. The summed E-state index contributed by atoms with van der Waals surface area (Å²) in [5.74, 6) is 1.20. The Labute approximate surface area is 79.2 Å². The van der Waals surface area contributed by atoms with E-state index in [0.29, 0.717) is 11.8 Å². The van der Waals surface area contributed by atoms with E-state index in [1.807, 2.05) is 6.92 Å². The minimum Gasteiger partial charge on any atom is -0.480 e. The highest BCUT2D eigenvalue weighted by atomic mass is 16.5. The molecule has 0 aliphatic heterocycles. The van der Waals surface area contributed by atoms with Crippen molar-refractivity contribution < 1.29 is 4.74 Å². The van der Waals surface area contributed by atoms with Crippen LogP contribution in [0.25, 0.3) is 0 Å². The van der Waals surface area contributed by atoms with Crippen LogP contribution in [-0.2, 0) is 6.42 Å². The average Bonchev–Trinajstić information content (AvgIpc) is 2.08. The van der Waals surface area contributed by atoms with E-state index in [0.717, 1.165) is 17.8 Å². The van der Waals surface area contributed by atoms with E-state index in [9.17, 15) is 0 Å². The molecule has 0 aromatic carbocycles. The van der Waals surface area contributed by atoms with E-state index in [1.165, 1.54) is 0 Å². The Balaban J connectivity index is 2.90. The predicted octanol–water partition coefficient (Wildman–Crippen LogP) is 1.99. The third kappa shape index (κ3) is 2.68. The molecule has 0 radical (unpaired) electrons. The molecule has 0 fully saturated rings. The highest BCUT2D eigenvalue weighted by Gasteiger charge is 2.05. The lowest BCUT2D eigenvalue weighted by molar-refractivity contribution is 0.392. The molecule has 1 rings (SSSR count). The number of aromatic nitrogens is 2. The van der Waals surface area contributed by atoms with Crippen LogP contribution in [-0.4, -0.2) is 17.1 Å². The molecule has 0 bridgehead atoms. The van der Waals surface area contributed by atoms with Crippen LogP contribution >= 0.6 is 0 Å². The molecule has 1 heterocycles. The zero-order chi connectivity index (χ0) is 9.84. The van der Waals surface area contributed by atoms with Crippen LogP contribution in [0.15, 0.2) is 6.20 Å². The lowest BCUT2D eigenvalue weighted by Gasteiger charge is -2.07. The normalized spacial score (nSPS) is 10.5. The summed E-state index contributed by atoms with van der Waals surface area (Å²) in [6, 6.07) is 0. The molecular weight excluding hydrogens is 164 g/mol. The van der Waals surface area contributed by atoms with Crippen molar-refractivity contribution in [2.45, 2.75) is 27.2 Å². The first-order valence-electron chi connectivity index (χ1n) is 4.50. The van der Waals surface area contributed by atoms with Crippen LogP contribution in [0.4, 0.5) is 0 Å². The summed E-state index contributed by atoms with van der Waals surface area (Å²) < 4.78 is 5.02. The van der Waals surface area contributed by atoms with Gasteiger partial charge in [0.1, 0.15) is 0 Å². The van der Waals surface area contributed by atoms with Gasteiger partial charge in [-0.2, -0.15) is 0 Å². The molecule has 3 heteroatoms. The van der Waals surface area contributed by atoms with E-state index in [1.54, 1.807) is 13.3 Å². The molecule has 3 nitrogen and oxygen atoms in total. The van der Waals surface area contributed by atoms with Crippen molar-refractivity contribution in [3.05, 3.63) is 17.6 Å². The van der Waals surface area contributed by atoms with Crippen LogP contribution in [0.1, 0.15) is 25.2 Å². The first-order valence-corrected chi connectivity index (χ1v) is 4.50.